The van der Waals surface area contributed by atoms with Gasteiger partial charge in [0.25, 0.3) is 0 Å². The minimum atomic E-state index is -1.35. The summed E-state index contributed by atoms with van der Waals surface area (Å²) in [7, 11) is 0. The molecule has 0 unspecified atom stereocenters. The summed E-state index contributed by atoms with van der Waals surface area (Å²) in [5.74, 6) is -1.96. The zero-order chi connectivity index (χ0) is 18.9. The Hall–Kier alpha value is -1.85. The monoisotopic (exact) mass is 387 g/mol. The number of rotatable bonds is 2. The molecule has 0 spiro atoms. The highest BCUT2D eigenvalue weighted by molar-refractivity contribution is 6.33. The Bertz CT molecular complexity index is 837. The van der Waals surface area contributed by atoms with Gasteiger partial charge in [-0.15, -0.1) is 0 Å². The van der Waals surface area contributed by atoms with E-state index < -0.39 is 17.3 Å². The van der Waals surface area contributed by atoms with Gasteiger partial charge in [-0.3, -0.25) is 0 Å². The van der Waals surface area contributed by atoms with Crippen molar-refractivity contribution in [1.29, 1.82) is 0 Å². The van der Waals surface area contributed by atoms with Gasteiger partial charge in [-0.25, -0.2) is 13.6 Å². The second-order valence-electron chi connectivity index (χ2n) is 5.93. The highest BCUT2D eigenvalue weighted by atomic mass is 35.5. The lowest BCUT2D eigenvalue weighted by molar-refractivity contribution is 0.0692. The van der Waals surface area contributed by atoms with Crippen LogP contribution in [-0.2, 0) is 0 Å². The second kappa shape index (κ2) is 7.58. The van der Waals surface area contributed by atoms with Crippen molar-refractivity contribution in [3.8, 4) is 0 Å². The van der Waals surface area contributed by atoms with Gasteiger partial charge >= 0.3 is 5.97 Å². The first-order valence-electron chi connectivity index (χ1n) is 7.57. The maximum atomic E-state index is 13.4. The lowest BCUT2D eigenvalue weighted by atomic mass is 10.0. The third-order valence-electron chi connectivity index (χ3n) is 4.05. The first-order chi connectivity index (χ1) is 11.6. The molecular formula is C18H17Cl2F2NO2. The lowest BCUT2D eigenvalue weighted by Gasteiger charge is -2.09. The third-order valence-corrected chi connectivity index (χ3v) is 4.68. The predicted molar refractivity (Wildman–Crippen MR) is 95.6 cm³/mol. The summed E-state index contributed by atoms with van der Waals surface area (Å²) in [6.45, 7) is 3.24. The van der Waals surface area contributed by atoms with Gasteiger partial charge in [0.15, 0.2) is 5.82 Å². The van der Waals surface area contributed by atoms with Crippen LogP contribution in [0.1, 0.15) is 45.8 Å². The van der Waals surface area contributed by atoms with Crippen LogP contribution in [0.2, 0.25) is 10.0 Å². The van der Waals surface area contributed by atoms with Gasteiger partial charge in [0.05, 0.1) is 15.7 Å². The van der Waals surface area contributed by atoms with Gasteiger partial charge < -0.3 is 10.8 Å². The van der Waals surface area contributed by atoms with E-state index >= 15 is 0 Å². The Morgan fingerprint density at radius 3 is 2.24 bits per heavy atom. The molecule has 25 heavy (non-hydrogen) atoms. The molecule has 7 heteroatoms. The van der Waals surface area contributed by atoms with Crippen LogP contribution in [0.3, 0.4) is 0 Å². The Morgan fingerprint density at radius 1 is 1.16 bits per heavy atom. The molecule has 1 aliphatic carbocycles. The first kappa shape index (κ1) is 19.5. The van der Waals surface area contributed by atoms with Crippen molar-refractivity contribution in [3.63, 3.8) is 0 Å². The fourth-order valence-corrected chi connectivity index (χ4v) is 2.85. The Kier molecular flexibility index (Phi) is 5.91. The van der Waals surface area contributed by atoms with Crippen molar-refractivity contribution >= 4 is 34.9 Å². The zero-order valence-electron chi connectivity index (χ0n) is 13.7. The van der Waals surface area contributed by atoms with Crippen molar-refractivity contribution in [3.05, 3.63) is 62.1 Å². The molecule has 0 aliphatic heterocycles. The molecule has 0 saturated heterocycles. The fourth-order valence-electron chi connectivity index (χ4n) is 2.43. The molecule has 2 aromatic carbocycles. The number of aromatic carboxylic acids is 1. The number of benzene rings is 2. The third kappa shape index (κ3) is 4.22. The lowest BCUT2D eigenvalue weighted by Crippen LogP contribution is -2.03. The van der Waals surface area contributed by atoms with E-state index in [4.69, 9.17) is 34.0 Å². The van der Waals surface area contributed by atoms with E-state index in [1.165, 1.54) is 19.1 Å². The number of hydrogen-bond acceptors (Lipinski definition) is 2. The Labute approximate surface area is 154 Å². The zero-order valence-corrected chi connectivity index (χ0v) is 15.2. The van der Waals surface area contributed by atoms with Crippen LogP contribution >= 0.6 is 23.2 Å². The normalized spacial score (nSPS) is 13.2. The summed E-state index contributed by atoms with van der Waals surface area (Å²) in [5, 5.41) is 8.81. The molecule has 1 aliphatic rings. The van der Waals surface area contributed by atoms with E-state index in [0.29, 0.717) is 16.5 Å². The number of halogens is 4. The molecule has 0 aromatic heterocycles. The van der Waals surface area contributed by atoms with E-state index in [2.05, 4.69) is 0 Å². The molecule has 3 N–H and O–H groups in total. The summed E-state index contributed by atoms with van der Waals surface area (Å²) in [6, 6.07) is 4.60. The number of aryl methyl sites for hydroxylation is 1. The van der Waals surface area contributed by atoms with Crippen LogP contribution in [0.25, 0.3) is 0 Å². The topological polar surface area (TPSA) is 63.3 Å². The molecular weight excluding hydrogens is 371 g/mol. The predicted octanol–water partition coefficient (Wildman–Crippen LogP) is 5.73. The van der Waals surface area contributed by atoms with Crippen molar-refractivity contribution in [1.82, 2.24) is 0 Å². The summed E-state index contributed by atoms with van der Waals surface area (Å²) >= 11 is 11.3. The number of nitrogen functional groups attached to an aromatic ring is 1. The van der Waals surface area contributed by atoms with E-state index in [-0.39, 0.29) is 22.1 Å². The molecule has 3 rings (SSSR count). The molecule has 2 aromatic rings. The SMILES string of the molecule is Cc1c(C2CC2)cc(Cl)c(N)c1F.Cc1ccc(Cl)c(C(=O)O)c1F. The quantitative estimate of drug-likeness (QED) is 0.646. The van der Waals surface area contributed by atoms with Crippen LogP contribution in [-0.4, -0.2) is 11.1 Å². The van der Waals surface area contributed by atoms with Crippen molar-refractivity contribution < 1.29 is 18.7 Å². The van der Waals surface area contributed by atoms with Gasteiger partial charge in [-0.2, -0.15) is 0 Å². The van der Waals surface area contributed by atoms with Crippen LogP contribution in [0.4, 0.5) is 14.5 Å². The van der Waals surface area contributed by atoms with Gasteiger partial charge in [0.2, 0.25) is 0 Å². The second-order valence-corrected chi connectivity index (χ2v) is 6.75. The summed E-state index contributed by atoms with van der Waals surface area (Å²) < 4.78 is 26.5. The van der Waals surface area contributed by atoms with E-state index in [1.54, 1.807) is 13.0 Å². The Balaban J connectivity index is 0.000000181. The number of carbonyl (C=O) groups is 1. The summed E-state index contributed by atoms with van der Waals surface area (Å²) in [4.78, 5) is 10.5. The van der Waals surface area contributed by atoms with Crippen molar-refractivity contribution in [2.75, 3.05) is 5.73 Å². The standard InChI is InChI=1S/C10H11ClFN.C8H6ClFO2/c1-5-7(6-2-3-6)4-8(11)10(13)9(5)12;1-4-2-3-5(9)6(7(4)10)8(11)12/h4,6H,2-3,13H2,1H3;2-3H,1H3,(H,11,12). The highest BCUT2D eigenvalue weighted by Gasteiger charge is 2.27. The average molecular weight is 388 g/mol. The molecule has 0 atom stereocenters. The van der Waals surface area contributed by atoms with Crippen LogP contribution < -0.4 is 5.73 Å². The number of carboxylic acids is 1. The number of nitrogens with two attached hydrogens (primary N) is 1. The molecule has 134 valence electrons. The average Bonchev–Trinajstić information content (AvgIpc) is 3.38. The van der Waals surface area contributed by atoms with Gasteiger partial charge in [0, 0.05) is 0 Å². The van der Waals surface area contributed by atoms with Crippen LogP contribution in [0.15, 0.2) is 18.2 Å². The van der Waals surface area contributed by atoms with Crippen molar-refractivity contribution in [2.24, 2.45) is 0 Å². The van der Waals surface area contributed by atoms with E-state index in [9.17, 15) is 13.6 Å². The molecule has 0 heterocycles. The molecule has 0 bridgehead atoms. The number of anilines is 1. The minimum Gasteiger partial charge on any atom is -0.478 e. The molecule has 3 nitrogen and oxygen atoms in total. The first-order valence-corrected chi connectivity index (χ1v) is 8.32. The summed E-state index contributed by atoms with van der Waals surface area (Å²) in [6.07, 6.45) is 2.28. The van der Waals surface area contributed by atoms with Crippen LogP contribution in [0, 0.1) is 25.5 Å². The molecule has 0 amide bonds. The smallest absolute Gasteiger partial charge is 0.340 e. The summed E-state index contributed by atoms with van der Waals surface area (Å²) in [5.41, 5.74) is 7.03. The van der Waals surface area contributed by atoms with E-state index in [0.717, 1.165) is 18.4 Å². The van der Waals surface area contributed by atoms with Gasteiger partial charge in [-0.05, 0) is 61.4 Å². The number of hydrogen-bond donors (Lipinski definition) is 2. The highest BCUT2D eigenvalue weighted by Crippen LogP contribution is 2.44. The maximum absolute atomic E-state index is 13.4. The maximum Gasteiger partial charge on any atom is 0.340 e. The Morgan fingerprint density at radius 2 is 1.76 bits per heavy atom. The molecule has 0 radical (unpaired) electrons. The number of carboxylic acid groups (broad SMARTS) is 1. The largest absolute Gasteiger partial charge is 0.478 e. The van der Waals surface area contributed by atoms with E-state index in [1.807, 2.05) is 0 Å². The molecule has 1 saturated carbocycles. The minimum absolute atomic E-state index is 0.0727. The van der Waals surface area contributed by atoms with Gasteiger partial charge in [0.1, 0.15) is 11.4 Å². The van der Waals surface area contributed by atoms with Crippen molar-refractivity contribution in [2.45, 2.75) is 32.6 Å². The molecule has 1 fully saturated rings. The van der Waals surface area contributed by atoms with Gasteiger partial charge in [-0.1, -0.05) is 29.3 Å². The fraction of sp³-hybridized carbons (Fsp3) is 0.278. The van der Waals surface area contributed by atoms with Crippen LogP contribution in [0.5, 0.6) is 0 Å².